The van der Waals surface area contributed by atoms with Gasteiger partial charge in [-0.05, 0) is 48.7 Å². The first-order valence-electron chi connectivity index (χ1n) is 5.76. The molecule has 0 heterocycles. The third-order valence-corrected chi connectivity index (χ3v) is 2.81. The van der Waals surface area contributed by atoms with Gasteiger partial charge in [-0.25, -0.2) is 4.39 Å². The van der Waals surface area contributed by atoms with Crippen LogP contribution in [-0.4, -0.2) is 6.54 Å². The molecule has 2 rings (SSSR count). The van der Waals surface area contributed by atoms with Crippen LogP contribution in [0.4, 0.5) is 4.39 Å². The Hall–Kier alpha value is -1.67. The third-order valence-electron chi connectivity index (χ3n) is 2.81. The molecule has 2 N–H and O–H groups in total. The van der Waals surface area contributed by atoms with E-state index in [-0.39, 0.29) is 5.82 Å². The predicted octanol–water partition coefficient (Wildman–Crippen LogP) is 3.30. The molecule has 0 atom stereocenters. The average Bonchev–Trinajstić information content (AvgIpc) is 2.32. The lowest BCUT2D eigenvalue weighted by atomic mass is 9.96. The Balaban J connectivity index is 2.52. The molecule has 2 heteroatoms. The zero-order valence-electron chi connectivity index (χ0n) is 9.91. The minimum Gasteiger partial charge on any atom is -0.330 e. The molecule has 0 bridgehead atoms. The van der Waals surface area contributed by atoms with E-state index in [2.05, 4.69) is 18.2 Å². The lowest BCUT2D eigenvalue weighted by molar-refractivity contribution is 0.628. The summed E-state index contributed by atoms with van der Waals surface area (Å²) in [4.78, 5) is 0. The monoisotopic (exact) mass is 229 g/mol. The van der Waals surface area contributed by atoms with Crippen molar-refractivity contribution in [2.45, 2.75) is 13.3 Å². The molecule has 0 saturated carbocycles. The molecule has 0 aliphatic heterocycles. The molecule has 0 aliphatic carbocycles. The normalized spacial score (nSPS) is 10.5. The van der Waals surface area contributed by atoms with Crippen molar-refractivity contribution in [3.05, 3.63) is 59.4 Å². The topological polar surface area (TPSA) is 26.0 Å². The van der Waals surface area contributed by atoms with E-state index in [4.69, 9.17) is 5.73 Å². The van der Waals surface area contributed by atoms with Gasteiger partial charge >= 0.3 is 0 Å². The predicted molar refractivity (Wildman–Crippen MR) is 69.3 cm³/mol. The van der Waals surface area contributed by atoms with Crippen molar-refractivity contribution in [2.24, 2.45) is 5.73 Å². The van der Waals surface area contributed by atoms with E-state index in [0.29, 0.717) is 6.54 Å². The summed E-state index contributed by atoms with van der Waals surface area (Å²) in [7, 11) is 0. The van der Waals surface area contributed by atoms with E-state index in [0.717, 1.165) is 17.5 Å². The second-order valence-corrected chi connectivity index (χ2v) is 4.21. The van der Waals surface area contributed by atoms with Gasteiger partial charge in [-0.15, -0.1) is 0 Å². The summed E-state index contributed by atoms with van der Waals surface area (Å²) in [5.74, 6) is -0.206. The molecule has 0 radical (unpaired) electrons. The van der Waals surface area contributed by atoms with Gasteiger partial charge in [-0.1, -0.05) is 35.9 Å². The number of hydrogen-bond donors (Lipinski definition) is 1. The molecule has 2 aromatic carbocycles. The summed E-state index contributed by atoms with van der Waals surface area (Å²) in [5.41, 5.74) is 9.94. The highest BCUT2D eigenvalue weighted by Crippen LogP contribution is 2.25. The average molecular weight is 229 g/mol. The first-order valence-corrected chi connectivity index (χ1v) is 5.76. The van der Waals surface area contributed by atoms with Crippen LogP contribution in [0.5, 0.6) is 0 Å². The van der Waals surface area contributed by atoms with E-state index in [1.807, 2.05) is 13.0 Å². The second kappa shape index (κ2) is 5.11. The molecule has 0 fully saturated rings. The maximum absolute atomic E-state index is 13.2. The first-order chi connectivity index (χ1) is 8.20. The SMILES string of the molecule is Cc1ccc(CCN)c(-c2cccc(F)c2)c1. The number of aryl methyl sites for hydroxylation is 1. The van der Waals surface area contributed by atoms with E-state index in [1.165, 1.54) is 17.2 Å². The molecule has 88 valence electrons. The fraction of sp³-hybridized carbons (Fsp3) is 0.200. The summed E-state index contributed by atoms with van der Waals surface area (Å²) in [6.45, 7) is 2.64. The smallest absolute Gasteiger partial charge is 0.123 e. The van der Waals surface area contributed by atoms with Crippen molar-refractivity contribution in [2.75, 3.05) is 6.54 Å². The summed E-state index contributed by atoms with van der Waals surface area (Å²) in [6.07, 6.45) is 0.812. The fourth-order valence-corrected chi connectivity index (χ4v) is 1.99. The van der Waals surface area contributed by atoms with Gasteiger partial charge in [0.15, 0.2) is 0 Å². The Morgan fingerprint density at radius 3 is 2.65 bits per heavy atom. The van der Waals surface area contributed by atoms with Gasteiger partial charge in [-0.3, -0.25) is 0 Å². The summed E-state index contributed by atoms with van der Waals surface area (Å²) < 4.78 is 13.2. The molecule has 0 spiro atoms. The van der Waals surface area contributed by atoms with Crippen molar-refractivity contribution in [3.8, 4) is 11.1 Å². The Bertz CT molecular complexity index is 520. The highest BCUT2D eigenvalue weighted by atomic mass is 19.1. The molecule has 0 aliphatic rings. The highest BCUT2D eigenvalue weighted by Gasteiger charge is 2.05. The van der Waals surface area contributed by atoms with Gasteiger partial charge < -0.3 is 5.73 Å². The Labute approximate surface area is 101 Å². The Kier molecular flexibility index (Phi) is 3.55. The molecule has 2 aromatic rings. The highest BCUT2D eigenvalue weighted by molar-refractivity contribution is 5.68. The van der Waals surface area contributed by atoms with Gasteiger partial charge in [0.25, 0.3) is 0 Å². The van der Waals surface area contributed by atoms with Crippen LogP contribution in [0.3, 0.4) is 0 Å². The molecule has 17 heavy (non-hydrogen) atoms. The summed E-state index contributed by atoms with van der Waals surface area (Å²) in [5, 5.41) is 0. The minimum absolute atomic E-state index is 0.206. The lowest BCUT2D eigenvalue weighted by Crippen LogP contribution is -2.04. The molecule has 0 amide bonds. The van der Waals surface area contributed by atoms with Gasteiger partial charge in [0, 0.05) is 0 Å². The second-order valence-electron chi connectivity index (χ2n) is 4.21. The molecule has 0 saturated heterocycles. The zero-order chi connectivity index (χ0) is 12.3. The molecular formula is C15H16FN. The maximum Gasteiger partial charge on any atom is 0.123 e. The van der Waals surface area contributed by atoms with Crippen molar-refractivity contribution in [1.82, 2.24) is 0 Å². The first kappa shape index (κ1) is 11.8. The van der Waals surface area contributed by atoms with Gasteiger partial charge in [0.05, 0.1) is 0 Å². The molecular weight excluding hydrogens is 213 g/mol. The summed E-state index contributed by atoms with van der Waals surface area (Å²) in [6, 6.07) is 12.9. The van der Waals surface area contributed by atoms with E-state index in [9.17, 15) is 4.39 Å². The van der Waals surface area contributed by atoms with Crippen LogP contribution < -0.4 is 5.73 Å². The van der Waals surface area contributed by atoms with Gasteiger partial charge in [0.2, 0.25) is 0 Å². The number of rotatable bonds is 3. The largest absolute Gasteiger partial charge is 0.330 e. The molecule has 0 unspecified atom stereocenters. The molecule has 1 nitrogen and oxygen atoms in total. The van der Waals surface area contributed by atoms with Crippen LogP contribution in [0.15, 0.2) is 42.5 Å². The number of benzene rings is 2. The van der Waals surface area contributed by atoms with Gasteiger partial charge in [-0.2, -0.15) is 0 Å². The fourth-order valence-electron chi connectivity index (χ4n) is 1.99. The van der Waals surface area contributed by atoms with E-state index in [1.54, 1.807) is 12.1 Å². The number of halogens is 1. The van der Waals surface area contributed by atoms with Crippen LogP contribution in [0, 0.1) is 12.7 Å². The standard InChI is InChI=1S/C15H16FN/c1-11-5-6-12(7-8-17)15(9-11)13-3-2-4-14(16)10-13/h2-6,9-10H,7-8,17H2,1H3. The zero-order valence-corrected chi connectivity index (χ0v) is 9.91. The van der Waals surface area contributed by atoms with Crippen molar-refractivity contribution < 1.29 is 4.39 Å². The number of hydrogen-bond acceptors (Lipinski definition) is 1. The van der Waals surface area contributed by atoms with E-state index >= 15 is 0 Å². The quantitative estimate of drug-likeness (QED) is 0.858. The van der Waals surface area contributed by atoms with Crippen LogP contribution in [0.25, 0.3) is 11.1 Å². The van der Waals surface area contributed by atoms with Crippen LogP contribution >= 0.6 is 0 Å². The van der Waals surface area contributed by atoms with Crippen molar-refractivity contribution in [1.29, 1.82) is 0 Å². The van der Waals surface area contributed by atoms with E-state index < -0.39 is 0 Å². The van der Waals surface area contributed by atoms with Gasteiger partial charge in [0.1, 0.15) is 5.82 Å². The summed E-state index contributed by atoms with van der Waals surface area (Å²) >= 11 is 0. The Morgan fingerprint density at radius 1 is 1.12 bits per heavy atom. The third kappa shape index (κ3) is 2.71. The Morgan fingerprint density at radius 2 is 1.94 bits per heavy atom. The molecule has 0 aromatic heterocycles. The number of nitrogens with two attached hydrogens (primary N) is 1. The minimum atomic E-state index is -0.206. The van der Waals surface area contributed by atoms with Crippen molar-refractivity contribution >= 4 is 0 Å². The van der Waals surface area contributed by atoms with Crippen LogP contribution in [0.1, 0.15) is 11.1 Å². The van der Waals surface area contributed by atoms with Crippen LogP contribution in [0.2, 0.25) is 0 Å². The van der Waals surface area contributed by atoms with Crippen molar-refractivity contribution in [3.63, 3.8) is 0 Å². The maximum atomic E-state index is 13.2. The van der Waals surface area contributed by atoms with Crippen LogP contribution in [-0.2, 0) is 6.42 Å². The lowest BCUT2D eigenvalue weighted by Gasteiger charge is -2.10.